The summed E-state index contributed by atoms with van der Waals surface area (Å²) < 4.78 is 7.28. The van der Waals surface area contributed by atoms with Crippen LogP contribution in [0, 0.1) is 6.92 Å². The maximum Gasteiger partial charge on any atom is 0.141 e. The molecule has 4 aromatic rings. The standard InChI is InChI=1S/C26H27N5O2/c1-17(2)27-16-30(4)24-13-12-19(14-25(24)32)28-23-11-7-10-22-18(3)31(29-26(22)23)20-8-6-9-21(15-20)33-5/h6-16,28,32H,1H2,2-5H3/b27-16-. The number of allylic oxidation sites excluding steroid dienone is 1. The molecule has 7 nitrogen and oxygen atoms in total. The summed E-state index contributed by atoms with van der Waals surface area (Å²) in [6.45, 7) is 7.61. The van der Waals surface area contributed by atoms with Gasteiger partial charge in [0.05, 0.1) is 30.5 Å². The lowest BCUT2D eigenvalue weighted by molar-refractivity contribution is 0.414. The van der Waals surface area contributed by atoms with E-state index in [2.05, 4.69) is 23.0 Å². The Morgan fingerprint density at radius 2 is 1.97 bits per heavy atom. The fourth-order valence-corrected chi connectivity index (χ4v) is 3.63. The van der Waals surface area contributed by atoms with Crippen LogP contribution >= 0.6 is 0 Å². The van der Waals surface area contributed by atoms with Crippen molar-refractivity contribution in [2.75, 3.05) is 24.4 Å². The Hall–Kier alpha value is -4.26. The van der Waals surface area contributed by atoms with Gasteiger partial charge in [0.25, 0.3) is 0 Å². The van der Waals surface area contributed by atoms with Gasteiger partial charge in [0.2, 0.25) is 0 Å². The summed E-state index contributed by atoms with van der Waals surface area (Å²) in [6, 6.07) is 19.3. The van der Waals surface area contributed by atoms with Crippen molar-refractivity contribution in [2.24, 2.45) is 4.99 Å². The number of aromatic hydroxyl groups is 1. The molecular formula is C26H27N5O2. The van der Waals surface area contributed by atoms with E-state index < -0.39 is 0 Å². The summed E-state index contributed by atoms with van der Waals surface area (Å²) in [4.78, 5) is 5.92. The Morgan fingerprint density at radius 1 is 1.18 bits per heavy atom. The first-order valence-electron chi connectivity index (χ1n) is 10.5. The smallest absolute Gasteiger partial charge is 0.141 e. The lowest BCUT2D eigenvalue weighted by Gasteiger charge is -2.16. The van der Waals surface area contributed by atoms with Crippen LogP contribution in [-0.4, -0.2) is 35.4 Å². The first kappa shape index (κ1) is 22.0. The minimum atomic E-state index is 0.140. The van der Waals surface area contributed by atoms with E-state index in [9.17, 15) is 5.11 Å². The Kier molecular flexibility index (Phi) is 6.04. The van der Waals surface area contributed by atoms with Gasteiger partial charge in [-0.1, -0.05) is 24.8 Å². The fourth-order valence-electron chi connectivity index (χ4n) is 3.63. The highest BCUT2D eigenvalue weighted by Gasteiger charge is 2.14. The molecule has 0 aliphatic heterocycles. The maximum atomic E-state index is 10.6. The minimum Gasteiger partial charge on any atom is -0.506 e. The largest absolute Gasteiger partial charge is 0.506 e. The van der Waals surface area contributed by atoms with Gasteiger partial charge in [0, 0.05) is 41.6 Å². The number of hydrogen-bond acceptors (Lipinski definition) is 5. The molecule has 0 aliphatic rings. The molecule has 168 valence electrons. The molecule has 0 fully saturated rings. The second kappa shape index (κ2) is 9.08. The van der Waals surface area contributed by atoms with Crippen molar-refractivity contribution in [1.29, 1.82) is 0 Å². The number of ether oxygens (including phenoxy) is 1. The number of nitrogens with one attached hydrogen (secondary N) is 1. The van der Waals surface area contributed by atoms with E-state index >= 15 is 0 Å². The maximum absolute atomic E-state index is 10.6. The molecule has 4 rings (SSSR count). The van der Waals surface area contributed by atoms with E-state index in [1.165, 1.54) is 0 Å². The van der Waals surface area contributed by atoms with Crippen LogP contribution in [0.3, 0.4) is 0 Å². The van der Waals surface area contributed by atoms with Gasteiger partial charge < -0.3 is 20.1 Å². The summed E-state index contributed by atoms with van der Waals surface area (Å²) >= 11 is 0. The molecule has 3 aromatic carbocycles. The average molecular weight is 442 g/mol. The van der Waals surface area contributed by atoms with Crippen molar-refractivity contribution in [1.82, 2.24) is 9.78 Å². The second-order valence-electron chi connectivity index (χ2n) is 7.82. The third kappa shape index (κ3) is 4.52. The molecule has 0 amide bonds. The Bertz CT molecular complexity index is 1360. The number of aliphatic imine (C=N–C) groups is 1. The van der Waals surface area contributed by atoms with E-state index in [-0.39, 0.29) is 5.75 Å². The van der Waals surface area contributed by atoms with Crippen molar-refractivity contribution in [3.05, 3.63) is 78.6 Å². The normalized spacial score (nSPS) is 11.2. The quantitative estimate of drug-likeness (QED) is 0.280. The van der Waals surface area contributed by atoms with Gasteiger partial charge in [-0.3, -0.25) is 0 Å². The number of nitrogens with zero attached hydrogens (tertiary/aromatic N) is 4. The fraction of sp³-hybridized carbons (Fsp3) is 0.154. The van der Waals surface area contributed by atoms with Crippen molar-refractivity contribution in [3.63, 3.8) is 0 Å². The lowest BCUT2D eigenvalue weighted by atomic mass is 10.1. The Labute approximate surface area is 193 Å². The second-order valence-corrected chi connectivity index (χ2v) is 7.82. The molecular weight excluding hydrogens is 414 g/mol. The van der Waals surface area contributed by atoms with Crippen LogP contribution in [0.2, 0.25) is 0 Å². The third-order valence-corrected chi connectivity index (χ3v) is 5.33. The van der Waals surface area contributed by atoms with E-state index in [0.717, 1.165) is 39.4 Å². The summed E-state index contributed by atoms with van der Waals surface area (Å²) in [5, 5.41) is 19.9. The van der Waals surface area contributed by atoms with Crippen LogP contribution in [0.1, 0.15) is 12.6 Å². The van der Waals surface area contributed by atoms with Crippen LogP contribution in [0.4, 0.5) is 17.1 Å². The van der Waals surface area contributed by atoms with Gasteiger partial charge in [-0.05, 0) is 44.2 Å². The molecule has 7 heteroatoms. The molecule has 0 aliphatic carbocycles. The number of fused-ring (bicyclic) bond motifs is 1. The number of hydrogen-bond donors (Lipinski definition) is 2. The molecule has 0 bridgehead atoms. The molecule has 2 N–H and O–H groups in total. The summed E-state index contributed by atoms with van der Waals surface area (Å²) in [5.74, 6) is 0.916. The number of phenols is 1. The van der Waals surface area contributed by atoms with Crippen molar-refractivity contribution in [3.8, 4) is 17.2 Å². The Morgan fingerprint density at radius 3 is 2.70 bits per heavy atom. The number of aryl methyl sites for hydroxylation is 1. The summed E-state index contributed by atoms with van der Waals surface area (Å²) in [6.07, 6.45) is 1.62. The molecule has 0 radical (unpaired) electrons. The van der Waals surface area contributed by atoms with Crippen LogP contribution < -0.4 is 15.0 Å². The molecule has 0 saturated heterocycles. The van der Waals surface area contributed by atoms with Crippen LogP contribution in [-0.2, 0) is 0 Å². The molecule has 1 heterocycles. The van der Waals surface area contributed by atoms with Gasteiger partial charge >= 0.3 is 0 Å². The van der Waals surface area contributed by atoms with Crippen LogP contribution in [0.5, 0.6) is 11.5 Å². The minimum absolute atomic E-state index is 0.140. The highest BCUT2D eigenvalue weighted by molar-refractivity contribution is 5.94. The zero-order valence-electron chi connectivity index (χ0n) is 19.2. The van der Waals surface area contributed by atoms with Gasteiger partial charge in [0.15, 0.2) is 0 Å². The molecule has 0 saturated carbocycles. The predicted octanol–water partition coefficient (Wildman–Crippen LogP) is 5.79. The van der Waals surface area contributed by atoms with E-state index in [4.69, 9.17) is 9.84 Å². The predicted molar refractivity (Wildman–Crippen MR) is 135 cm³/mol. The first-order chi connectivity index (χ1) is 15.9. The molecule has 33 heavy (non-hydrogen) atoms. The highest BCUT2D eigenvalue weighted by atomic mass is 16.5. The van der Waals surface area contributed by atoms with Gasteiger partial charge in [0.1, 0.15) is 17.0 Å². The number of aromatic nitrogens is 2. The van der Waals surface area contributed by atoms with Crippen LogP contribution in [0.15, 0.2) is 77.9 Å². The molecule has 0 unspecified atom stereocenters. The zero-order chi connectivity index (χ0) is 23.5. The van der Waals surface area contributed by atoms with E-state index in [1.807, 2.05) is 74.1 Å². The van der Waals surface area contributed by atoms with E-state index in [1.54, 1.807) is 24.4 Å². The van der Waals surface area contributed by atoms with Crippen molar-refractivity contribution >= 4 is 34.3 Å². The van der Waals surface area contributed by atoms with Gasteiger partial charge in [-0.25, -0.2) is 9.67 Å². The van der Waals surface area contributed by atoms with Gasteiger partial charge in [-0.2, -0.15) is 5.10 Å². The van der Waals surface area contributed by atoms with Crippen molar-refractivity contribution < 1.29 is 9.84 Å². The Balaban J connectivity index is 1.67. The number of phenolic OH excluding ortho intramolecular Hbond substituents is 1. The first-order valence-corrected chi connectivity index (χ1v) is 10.5. The van der Waals surface area contributed by atoms with E-state index in [0.29, 0.717) is 11.4 Å². The number of benzene rings is 3. The topological polar surface area (TPSA) is 74.9 Å². The lowest BCUT2D eigenvalue weighted by Crippen LogP contribution is -2.14. The number of rotatable bonds is 7. The molecule has 0 atom stereocenters. The molecule has 0 spiro atoms. The zero-order valence-corrected chi connectivity index (χ0v) is 19.2. The SMILES string of the molecule is C=C(C)/N=C\N(C)c1ccc(Nc2cccc3c(C)n(-c4cccc(OC)c4)nc23)cc1O. The van der Waals surface area contributed by atoms with Gasteiger partial charge in [-0.15, -0.1) is 0 Å². The summed E-state index contributed by atoms with van der Waals surface area (Å²) in [7, 11) is 3.47. The molecule has 1 aromatic heterocycles. The summed E-state index contributed by atoms with van der Waals surface area (Å²) in [5.41, 5.74) is 5.73. The van der Waals surface area contributed by atoms with Crippen LogP contribution in [0.25, 0.3) is 16.6 Å². The third-order valence-electron chi connectivity index (χ3n) is 5.33. The monoisotopic (exact) mass is 441 g/mol. The number of anilines is 3. The average Bonchev–Trinajstić information content (AvgIpc) is 3.15. The number of methoxy groups -OCH3 is 1. The van der Waals surface area contributed by atoms with Crippen molar-refractivity contribution in [2.45, 2.75) is 13.8 Å². The highest BCUT2D eigenvalue weighted by Crippen LogP contribution is 2.33.